The molecule has 0 N–H and O–H groups in total. The second-order valence-electron chi connectivity index (χ2n) is 7.86. The molecular formula is C24H19N5O2S. The number of benzene rings is 2. The molecule has 0 bridgehead atoms. The van der Waals surface area contributed by atoms with Crippen molar-refractivity contribution in [3.05, 3.63) is 78.3 Å². The maximum atomic E-state index is 12.6. The smallest absolute Gasteiger partial charge is 0.232 e. The van der Waals surface area contributed by atoms with Crippen LogP contribution in [0.3, 0.4) is 0 Å². The predicted molar refractivity (Wildman–Crippen MR) is 123 cm³/mol. The van der Waals surface area contributed by atoms with E-state index in [0.29, 0.717) is 24.7 Å². The zero-order valence-corrected chi connectivity index (χ0v) is 18.1. The Kier molecular flexibility index (Phi) is 4.39. The fraction of sp³-hybridized carbons (Fsp3) is 0.167. The molecule has 7 nitrogen and oxygen atoms in total. The number of hydrogen-bond acceptors (Lipinski definition) is 6. The number of para-hydroxylation sites is 2. The van der Waals surface area contributed by atoms with Crippen molar-refractivity contribution in [1.82, 2.24) is 19.9 Å². The highest BCUT2D eigenvalue weighted by Crippen LogP contribution is 2.37. The van der Waals surface area contributed by atoms with Crippen molar-refractivity contribution in [2.45, 2.75) is 19.3 Å². The topological polar surface area (TPSA) is 77.0 Å². The van der Waals surface area contributed by atoms with Gasteiger partial charge in [0.15, 0.2) is 0 Å². The van der Waals surface area contributed by atoms with E-state index in [0.717, 1.165) is 32.2 Å². The summed E-state index contributed by atoms with van der Waals surface area (Å²) in [6.07, 6.45) is 0.366. The molecule has 6 rings (SSSR count). The standard InChI is InChI=1S/C24H19N5O2S/c1-15-19-13-20(32-24(19)29(26-15)18-10-6-3-7-11-18)22-25-23(31-27-22)16-12-21(30)28(14-16)17-8-4-2-5-9-17/h2-11,13,16H,12,14H2,1H3/t16-/m0/s1. The first-order valence-electron chi connectivity index (χ1n) is 10.4. The monoisotopic (exact) mass is 441 g/mol. The number of aromatic nitrogens is 4. The van der Waals surface area contributed by atoms with Crippen LogP contribution in [0.4, 0.5) is 5.69 Å². The van der Waals surface area contributed by atoms with Crippen molar-refractivity contribution in [2.75, 3.05) is 11.4 Å². The minimum absolute atomic E-state index is 0.0707. The largest absolute Gasteiger partial charge is 0.339 e. The molecule has 5 aromatic rings. The summed E-state index contributed by atoms with van der Waals surface area (Å²) in [5.74, 6) is 1.01. The lowest BCUT2D eigenvalue weighted by atomic mass is 10.1. The molecule has 32 heavy (non-hydrogen) atoms. The van der Waals surface area contributed by atoms with Crippen LogP contribution in [-0.2, 0) is 4.79 Å². The first-order chi connectivity index (χ1) is 15.7. The summed E-state index contributed by atoms with van der Waals surface area (Å²) in [6.45, 7) is 2.54. The molecule has 158 valence electrons. The summed E-state index contributed by atoms with van der Waals surface area (Å²) in [6, 6.07) is 21.8. The van der Waals surface area contributed by atoms with E-state index in [1.54, 1.807) is 16.2 Å². The second-order valence-corrected chi connectivity index (χ2v) is 8.89. The highest BCUT2D eigenvalue weighted by molar-refractivity contribution is 7.21. The van der Waals surface area contributed by atoms with Crippen LogP contribution in [-0.4, -0.2) is 32.4 Å². The first kappa shape index (κ1) is 18.9. The normalized spacial score (nSPS) is 16.3. The Bertz CT molecular complexity index is 1420. The fourth-order valence-electron chi connectivity index (χ4n) is 4.13. The van der Waals surface area contributed by atoms with E-state index in [1.807, 2.05) is 72.3 Å². The lowest BCUT2D eigenvalue weighted by Crippen LogP contribution is -2.24. The molecule has 1 atom stereocenters. The lowest BCUT2D eigenvalue weighted by Gasteiger charge is -2.15. The summed E-state index contributed by atoms with van der Waals surface area (Å²) in [7, 11) is 0. The number of rotatable bonds is 4. The zero-order valence-electron chi connectivity index (χ0n) is 17.3. The lowest BCUT2D eigenvalue weighted by molar-refractivity contribution is -0.117. The van der Waals surface area contributed by atoms with Crippen LogP contribution in [0.5, 0.6) is 0 Å². The van der Waals surface area contributed by atoms with E-state index in [2.05, 4.69) is 21.3 Å². The Balaban J connectivity index is 1.30. The minimum atomic E-state index is -0.111. The van der Waals surface area contributed by atoms with Crippen molar-refractivity contribution < 1.29 is 9.32 Å². The van der Waals surface area contributed by atoms with Crippen molar-refractivity contribution in [2.24, 2.45) is 0 Å². The van der Waals surface area contributed by atoms with Gasteiger partial charge in [0.05, 0.1) is 22.2 Å². The molecule has 4 heterocycles. The number of amides is 1. The molecular weight excluding hydrogens is 422 g/mol. The van der Waals surface area contributed by atoms with Gasteiger partial charge in [0.1, 0.15) is 4.83 Å². The molecule has 0 radical (unpaired) electrons. The first-order valence-corrected chi connectivity index (χ1v) is 11.2. The van der Waals surface area contributed by atoms with Crippen molar-refractivity contribution in [3.8, 4) is 16.4 Å². The molecule has 1 saturated heterocycles. The number of carbonyl (C=O) groups excluding carboxylic acids is 1. The molecule has 1 fully saturated rings. The van der Waals surface area contributed by atoms with E-state index < -0.39 is 0 Å². The van der Waals surface area contributed by atoms with Gasteiger partial charge < -0.3 is 9.42 Å². The van der Waals surface area contributed by atoms with Crippen LogP contribution in [0.15, 0.2) is 71.3 Å². The van der Waals surface area contributed by atoms with Gasteiger partial charge in [-0.1, -0.05) is 41.6 Å². The number of hydrogen-bond donors (Lipinski definition) is 0. The Hall–Kier alpha value is -3.78. The highest BCUT2D eigenvalue weighted by Gasteiger charge is 2.35. The van der Waals surface area contributed by atoms with Gasteiger partial charge in [-0.25, -0.2) is 4.68 Å². The molecule has 2 aromatic carbocycles. The number of thiophene rings is 1. The molecule has 8 heteroatoms. The summed E-state index contributed by atoms with van der Waals surface area (Å²) < 4.78 is 7.55. The summed E-state index contributed by atoms with van der Waals surface area (Å²) in [5.41, 5.74) is 2.86. The van der Waals surface area contributed by atoms with Gasteiger partial charge in [-0.15, -0.1) is 11.3 Å². The molecule has 0 aliphatic carbocycles. The van der Waals surface area contributed by atoms with E-state index in [1.165, 1.54) is 0 Å². The van der Waals surface area contributed by atoms with Crippen molar-refractivity contribution >= 4 is 33.1 Å². The predicted octanol–water partition coefficient (Wildman–Crippen LogP) is 4.97. The highest BCUT2D eigenvalue weighted by atomic mass is 32.1. The van der Waals surface area contributed by atoms with Gasteiger partial charge in [-0.3, -0.25) is 4.79 Å². The van der Waals surface area contributed by atoms with Crippen molar-refractivity contribution in [1.29, 1.82) is 0 Å². The third-order valence-electron chi connectivity index (χ3n) is 5.75. The van der Waals surface area contributed by atoms with Gasteiger partial charge >= 0.3 is 0 Å². The van der Waals surface area contributed by atoms with E-state index in [9.17, 15) is 4.79 Å². The minimum Gasteiger partial charge on any atom is -0.339 e. The number of aryl methyl sites for hydroxylation is 1. The summed E-state index contributed by atoms with van der Waals surface area (Å²) in [5, 5.41) is 9.99. The fourth-order valence-corrected chi connectivity index (χ4v) is 5.24. The molecule has 0 saturated carbocycles. The number of fused-ring (bicyclic) bond motifs is 1. The molecule has 1 amide bonds. The van der Waals surface area contributed by atoms with E-state index >= 15 is 0 Å². The summed E-state index contributed by atoms with van der Waals surface area (Å²) in [4.78, 5) is 21.0. The molecule has 1 aliphatic heterocycles. The quantitative estimate of drug-likeness (QED) is 0.394. The third kappa shape index (κ3) is 3.11. The summed E-state index contributed by atoms with van der Waals surface area (Å²) >= 11 is 1.58. The Morgan fingerprint density at radius 3 is 2.50 bits per heavy atom. The van der Waals surface area contributed by atoms with Gasteiger partial charge in [0.25, 0.3) is 0 Å². The van der Waals surface area contributed by atoms with Crippen LogP contribution >= 0.6 is 11.3 Å². The number of anilines is 1. The zero-order chi connectivity index (χ0) is 21.7. The average molecular weight is 442 g/mol. The Labute approximate surface area is 187 Å². The SMILES string of the molecule is Cc1nn(-c2ccccc2)c2sc(-c3noc([C@H]4CC(=O)N(c5ccccc5)C4)n3)cc12. The van der Waals surface area contributed by atoms with Crippen LogP contribution in [0.1, 0.15) is 23.9 Å². The van der Waals surface area contributed by atoms with E-state index in [-0.39, 0.29) is 11.8 Å². The van der Waals surface area contributed by atoms with Crippen LogP contribution in [0.2, 0.25) is 0 Å². The van der Waals surface area contributed by atoms with E-state index in [4.69, 9.17) is 4.52 Å². The van der Waals surface area contributed by atoms with Crippen LogP contribution < -0.4 is 4.90 Å². The third-order valence-corrected chi connectivity index (χ3v) is 6.86. The van der Waals surface area contributed by atoms with Crippen molar-refractivity contribution in [3.63, 3.8) is 0 Å². The van der Waals surface area contributed by atoms with Gasteiger partial charge in [-0.05, 0) is 37.3 Å². The molecule has 0 spiro atoms. The molecule has 1 aliphatic rings. The van der Waals surface area contributed by atoms with Crippen LogP contribution in [0, 0.1) is 6.92 Å². The second kappa shape index (κ2) is 7.42. The average Bonchev–Trinajstić information content (AvgIpc) is 3.59. The Morgan fingerprint density at radius 2 is 1.75 bits per heavy atom. The van der Waals surface area contributed by atoms with Crippen LogP contribution in [0.25, 0.3) is 26.6 Å². The van der Waals surface area contributed by atoms with Gasteiger partial charge in [0.2, 0.25) is 17.6 Å². The maximum absolute atomic E-state index is 12.6. The number of carbonyl (C=O) groups is 1. The maximum Gasteiger partial charge on any atom is 0.232 e. The molecule has 3 aromatic heterocycles. The van der Waals surface area contributed by atoms with Gasteiger partial charge in [-0.2, -0.15) is 10.1 Å². The van der Waals surface area contributed by atoms with Gasteiger partial charge in [0, 0.05) is 24.0 Å². The Morgan fingerprint density at radius 1 is 1.03 bits per heavy atom. The number of nitrogens with zero attached hydrogens (tertiary/aromatic N) is 5. The molecule has 0 unspecified atom stereocenters.